The van der Waals surface area contributed by atoms with Crippen molar-refractivity contribution >= 4 is 22.7 Å². The predicted octanol–water partition coefficient (Wildman–Crippen LogP) is 2.29. The highest BCUT2D eigenvalue weighted by atomic mass is 16.4. The van der Waals surface area contributed by atoms with Crippen LogP contribution in [0.25, 0.3) is 10.9 Å². The van der Waals surface area contributed by atoms with Crippen molar-refractivity contribution in [2.24, 2.45) is 0 Å². The van der Waals surface area contributed by atoms with E-state index in [9.17, 15) is 9.90 Å². The monoisotopic (exact) mass is 289 g/mol. The average molecular weight is 289 g/mol. The Morgan fingerprint density at radius 3 is 2.76 bits per heavy atom. The zero-order valence-corrected chi connectivity index (χ0v) is 12.1. The van der Waals surface area contributed by atoms with E-state index >= 15 is 0 Å². The molecule has 0 aliphatic carbocycles. The van der Waals surface area contributed by atoms with E-state index in [0.29, 0.717) is 17.8 Å². The minimum atomic E-state index is -0.983. The van der Waals surface area contributed by atoms with Crippen LogP contribution in [0, 0.1) is 0 Å². The molecule has 2 aromatic rings. The lowest BCUT2D eigenvalue weighted by Gasteiger charge is -2.30. The van der Waals surface area contributed by atoms with Crippen LogP contribution in [-0.2, 0) is 0 Å². The number of fused-ring (bicyclic) bond motifs is 1. The molecule has 1 atom stereocenters. The van der Waals surface area contributed by atoms with Gasteiger partial charge < -0.3 is 15.5 Å². The highest BCUT2D eigenvalue weighted by molar-refractivity contribution is 5.96. The molecule has 0 aliphatic heterocycles. The Labute approximate surface area is 122 Å². The van der Waals surface area contributed by atoms with Crippen LogP contribution in [0.2, 0.25) is 0 Å². The second kappa shape index (κ2) is 6.05. The van der Waals surface area contributed by atoms with Crippen LogP contribution in [0.15, 0.2) is 24.5 Å². The van der Waals surface area contributed by atoms with Crippen molar-refractivity contribution in [3.8, 4) is 0 Å². The van der Waals surface area contributed by atoms with Crippen molar-refractivity contribution in [1.29, 1.82) is 0 Å². The number of nitrogens with one attached hydrogen (secondary N) is 1. The molecule has 1 aromatic carbocycles. The number of aliphatic hydroxyl groups is 1. The van der Waals surface area contributed by atoms with Gasteiger partial charge in [0.25, 0.3) is 0 Å². The number of rotatable bonds is 6. The van der Waals surface area contributed by atoms with Crippen LogP contribution in [0.4, 0.5) is 5.82 Å². The van der Waals surface area contributed by atoms with E-state index < -0.39 is 5.97 Å². The van der Waals surface area contributed by atoms with Crippen LogP contribution in [-0.4, -0.2) is 38.3 Å². The van der Waals surface area contributed by atoms with Crippen molar-refractivity contribution < 1.29 is 15.0 Å². The second-order valence-electron chi connectivity index (χ2n) is 5.27. The van der Waals surface area contributed by atoms with Crippen LogP contribution in [0.3, 0.4) is 0 Å². The molecule has 1 aromatic heterocycles. The highest BCUT2D eigenvalue weighted by Crippen LogP contribution is 2.26. The van der Waals surface area contributed by atoms with E-state index in [-0.39, 0.29) is 17.7 Å². The summed E-state index contributed by atoms with van der Waals surface area (Å²) in [4.78, 5) is 19.4. The fraction of sp³-hybridized carbons (Fsp3) is 0.400. The van der Waals surface area contributed by atoms with E-state index in [4.69, 9.17) is 5.11 Å². The smallest absolute Gasteiger partial charge is 0.335 e. The largest absolute Gasteiger partial charge is 0.478 e. The van der Waals surface area contributed by atoms with Crippen LogP contribution >= 0.6 is 0 Å². The third-order valence-corrected chi connectivity index (χ3v) is 3.75. The SMILES string of the molecule is CCC(C)(CCO)Nc1ncnc2cc(C(=O)O)ccc12. The lowest BCUT2D eigenvalue weighted by atomic mass is 9.94. The molecule has 1 heterocycles. The number of aromatic nitrogens is 2. The Morgan fingerprint density at radius 1 is 1.38 bits per heavy atom. The fourth-order valence-electron chi connectivity index (χ4n) is 2.15. The molecule has 0 spiro atoms. The summed E-state index contributed by atoms with van der Waals surface area (Å²) in [6.07, 6.45) is 2.83. The average Bonchev–Trinajstić information content (AvgIpc) is 2.47. The molecule has 0 saturated carbocycles. The summed E-state index contributed by atoms with van der Waals surface area (Å²) in [5.74, 6) is -0.335. The first-order valence-electron chi connectivity index (χ1n) is 6.86. The lowest BCUT2D eigenvalue weighted by molar-refractivity contribution is 0.0697. The molecular formula is C15H19N3O3. The molecular weight excluding hydrogens is 270 g/mol. The first-order valence-corrected chi connectivity index (χ1v) is 6.86. The molecule has 1 unspecified atom stereocenters. The summed E-state index contributed by atoms with van der Waals surface area (Å²) in [7, 11) is 0. The molecule has 0 bridgehead atoms. The maximum absolute atomic E-state index is 11.0. The zero-order chi connectivity index (χ0) is 15.5. The fourth-order valence-corrected chi connectivity index (χ4v) is 2.15. The lowest BCUT2D eigenvalue weighted by Crippen LogP contribution is -2.35. The Hall–Kier alpha value is -2.21. The normalized spacial score (nSPS) is 13.9. The third kappa shape index (κ3) is 3.28. The van der Waals surface area contributed by atoms with E-state index in [1.807, 2.05) is 13.8 Å². The summed E-state index contributed by atoms with van der Waals surface area (Å²) in [6.45, 7) is 4.14. The van der Waals surface area contributed by atoms with E-state index in [0.717, 1.165) is 11.8 Å². The number of carboxylic acid groups (broad SMARTS) is 1. The van der Waals surface area contributed by atoms with Crippen molar-refractivity contribution in [1.82, 2.24) is 9.97 Å². The van der Waals surface area contributed by atoms with E-state index in [2.05, 4.69) is 15.3 Å². The Balaban J connectivity index is 2.43. The van der Waals surface area contributed by atoms with Crippen molar-refractivity contribution in [3.63, 3.8) is 0 Å². The van der Waals surface area contributed by atoms with Gasteiger partial charge >= 0.3 is 5.97 Å². The van der Waals surface area contributed by atoms with Crippen LogP contribution in [0.5, 0.6) is 0 Å². The van der Waals surface area contributed by atoms with Gasteiger partial charge in [-0.25, -0.2) is 14.8 Å². The number of benzene rings is 1. The predicted molar refractivity (Wildman–Crippen MR) is 80.5 cm³/mol. The molecule has 0 aliphatic rings. The maximum atomic E-state index is 11.0. The molecule has 21 heavy (non-hydrogen) atoms. The number of hydrogen-bond acceptors (Lipinski definition) is 5. The van der Waals surface area contributed by atoms with Gasteiger partial charge in [-0.3, -0.25) is 0 Å². The van der Waals surface area contributed by atoms with E-state index in [1.54, 1.807) is 6.07 Å². The number of aliphatic hydroxyl groups excluding tert-OH is 1. The van der Waals surface area contributed by atoms with Crippen molar-refractivity contribution in [3.05, 3.63) is 30.1 Å². The number of anilines is 1. The van der Waals surface area contributed by atoms with Crippen LogP contribution in [0.1, 0.15) is 37.0 Å². The van der Waals surface area contributed by atoms with Gasteiger partial charge in [0.2, 0.25) is 0 Å². The standard InChI is InChI=1S/C15H19N3O3/c1-3-15(2,6-7-19)18-13-11-5-4-10(14(20)21)8-12(11)16-9-17-13/h4-5,8-9,19H,3,6-7H2,1-2H3,(H,20,21)(H,16,17,18). The number of carbonyl (C=O) groups is 1. The first kappa shape index (κ1) is 15.2. The first-order chi connectivity index (χ1) is 9.99. The Bertz CT molecular complexity index is 660. The molecule has 2 rings (SSSR count). The second-order valence-corrected chi connectivity index (χ2v) is 5.27. The molecule has 6 heteroatoms. The Morgan fingerprint density at radius 2 is 2.14 bits per heavy atom. The molecule has 112 valence electrons. The van der Waals surface area contributed by atoms with Gasteiger partial charge in [0.15, 0.2) is 0 Å². The summed E-state index contributed by atoms with van der Waals surface area (Å²) in [6, 6.07) is 4.77. The van der Waals surface area contributed by atoms with Gasteiger partial charge in [0, 0.05) is 17.5 Å². The summed E-state index contributed by atoms with van der Waals surface area (Å²) < 4.78 is 0. The van der Waals surface area contributed by atoms with Crippen molar-refractivity contribution in [2.75, 3.05) is 11.9 Å². The highest BCUT2D eigenvalue weighted by Gasteiger charge is 2.22. The molecule has 0 fully saturated rings. The molecule has 0 saturated heterocycles. The summed E-state index contributed by atoms with van der Waals surface area (Å²) in [5.41, 5.74) is 0.497. The zero-order valence-electron chi connectivity index (χ0n) is 12.1. The van der Waals surface area contributed by atoms with Crippen molar-refractivity contribution in [2.45, 2.75) is 32.2 Å². The van der Waals surface area contributed by atoms with Gasteiger partial charge in [-0.15, -0.1) is 0 Å². The maximum Gasteiger partial charge on any atom is 0.335 e. The number of aromatic carboxylic acids is 1. The number of hydrogen-bond donors (Lipinski definition) is 3. The van der Waals surface area contributed by atoms with Gasteiger partial charge in [-0.05, 0) is 38.0 Å². The summed E-state index contributed by atoms with van der Waals surface area (Å²) >= 11 is 0. The van der Waals surface area contributed by atoms with Crippen LogP contribution < -0.4 is 5.32 Å². The third-order valence-electron chi connectivity index (χ3n) is 3.75. The Kier molecular flexibility index (Phi) is 4.37. The molecule has 3 N–H and O–H groups in total. The summed E-state index contributed by atoms with van der Waals surface area (Å²) in [5, 5.41) is 22.3. The minimum absolute atomic E-state index is 0.0868. The molecule has 6 nitrogen and oxygen atoms in total. The van der Waals surface area contributed by atoms with Gasteiger partial charge in [-0.1, -0.05) is 6.92 Å². The molecule has 0 radical (unpaired) electrons. The van der Waals surface area contributed by atoms with E-state index in [1.165, 1.54) is 18.5 Å². The minimum Gasteiger partial charge on any atom is -0.478 e. The molecule has 0 amide bonds. The number of carboxylic acids is 1. The topological polar surface area (TPSA) is 95.3 Å². The van der Waals surface area contributed by atoms with Gasteiger partial charge in [0.1, 0.15) is 12.1 Å². The van der Waals surface area contributed by atoms with Gasteiger partial charge in [-0.2, -0.15) is 0 Å². The quantitative estimate of drug-likeness (QED) is 0.755. The number of nitrogens with zero attached hydrogens (tertiary/aromatic N) is 2. The van der Waals surface area contributed by atoms with Gasteiger partial charge in [0.05, 0.1) is 11.1 Å².